The minimum absolute atomic E-state index is 0.0346. The Hall–Kier alpha value is -5.86. The number of anilines is 6. The third-order valence-electron chi connectivity index (χ3n) is 13.8. The van der Waals surface area contributed by atoms with E-state index in [1.54, 1.807) is 22.3 Å². The summed E-state index contributed by atoms with van der Waals surface area (Å²) in [6, 6.07) is 63.9. The Bertz CT molecular complexity index is 2270. The van der Waals surface area contributed by atoms with Crippen LogP contribution in [0.25, 0.3) is 22.3 Å². The Morgan fingerprint density at radius 1 is 0.268 bits per heavy atom. The van der Waals surface area contributed by atoms with Gasteiger partial charge in [-0.15, -0.1) is 0 Å². The molecular weight excluding hydrogens is 677 g/mol. The van der Waals surface area contributed by atoms with Crippen molar-refractivity contribution in [1.29, 1.82) is 0 Å². The molecule has 2 saturated carbocycles. The van der Waals surface area contributed by atoms with E-state index in [9.17, 15) is 0 Å². The zero-order valence-corrected chi connectivity index (χ0v) is 32.1. The number of nitrogens with zero attached hydrogens (tertiary/aromatic N) is 2. The molecular formula is C54H48N2. The van der Waals surface area contributed by atoms with Crippen LogP contribution in [-0.2, 0) is 10.8 Å². The maximum absolute atomic E-state index is 2.70. The first-order valence-electron chi connectivity index (χ1n) is 21.0. The Balaban J connectivity index is 1.08. The van der Waals surface area contributed by atoms with Crippen LogP contribution in [0.5, 0.6) is 0 Å². The van der Waals surface area contributed by atoms with Crippen LogP contribution >= 0.6 is 0 Å². The lowest BCUT2D eigenvalue weighted by Crippen LogP contribution is -2.29. The van der Waals surface area contributed by atoms with Crippen LogP contribution in [-0.4, -0.2) is 0 Å². The zero-order valence-electron chi connectivity index (χ0n) is 32.1. The molecule has 56 heavy (non-hydrogen) atoms. The highest BCUT2D eigenvalue weighted by Gasteiger charge is 2.49. The minimum Gasteiger partial charge on any atom is -0.310 e. The summed E-state index contributed by atoms with van der Waals surface area (Å²) in [6.45, 7) is 0. The summed E-state index contributed by atoms with van der Waals surface area (Å²) < 4.78 is 0. The first-order chi connectivity index (χ1) is 27.7. The molecule has 0 bridgehead atoms. The van der Waals surface area contributed by atoms with Crippen LogP contribution in [0.2, 0.25) is 0 Å². The summed E-state index contributed by atoms with van der Waals surface area (Å²) in [4.78, 5) is 4.89. The van der Waals surface area contributed by atoms with Gasteiger partial charge in [-0.3, -0.25) is 0 Å². The van der Waals surface area contributed by atoms with Crippen LogP contribution in [0.1, 0.15) is 86.5 Å². The van der Waals surface area contributed by atoms with Crippen molar-refractivity contribution in [2.75, 3.05) is 9.80 Å². The van der Waals surface area contributed by atoms with Gasteiger partial charge in [-0.1, -0.05) is 123 Å². The first-order valence-corrected chi connectivity index (χ1v) is 21.0. The summed E-state index contributed by atoms with van der Waals surface area (Å²) in [6.07, 6.45) is 12.6. The molecule has 0 amide bonds. The normalized spacial score (nSPS) is 16.9. The average Bonchev–Trinajstić information content (AvgIpc) is 3.67. The molecule has 0 unspecified atom stereocenters. The van der Waals surface area contributed by atoms with Crippen molar-refractivity contribution < 1.29 is 0 Å². The fourth-order valence-corrected chi connectivity index (χ4v) is 11.3. The molecule has 2 spiro atoms. The third kappa shape index (κ3) is 5.15. The molecule has 0 radical (unpaired) electrons. The highest BCUT2D eigenvalue weighted by molar-refractivity contribution is 5.93. The van der Waals surface area contributed by atoms with Gasteiger partial charge in [0.25, 0.3) is 0 Å². The van der Waals surface area contributed by atoms with Gasteiger partial charge in [-0.25, -0.2) is 0 Å². The smallest absolute Gasteiger partial charge is 0.0465 e. The standard InChI is InChI=1S/C54H48N2/c1-7-19-39(20-8-1)55(40-21-9-2-10-22-40)43-27-29-45-47-37-52-48(38-51(47)53(49(45)35-43)31-15-5-16-32-53)46-30-28-44(36-50(46)54(52)33-17-6-18-34-54)56(41-23-11-3-12-24-41)42-25-13-4-14-26-42/h1-4,7-14,19-30,35-38H,5-6,15-18,31-34H2. The van der Waals surface area contributed by atoms with E-state index in [0.29, 0.717) is 0 Å². The Kier molecular flexibility index (Phi) is 8.02. The number of hydrogen-bond acceptors (Lipinski definition) is 2. The number of para-hydroxylation sites is 4. The molecule has 2 nitrogen and oxygen atoms in total. The summed E-state index contributed by atoms with van der Waals surface area (Å²) in [5, 5.41) is 0. The fraction of sp³-hybridized carbons (Fsp3) is 0.222. The Labute approximate surface area is 332 Å². The van der Waals surface area contributed by atoms with Gasteiger partial charge in [-0.2, -0.15) is 0 Å². The van der Waals surface area contributed by atoms with Crippen LogP contribution in [0.15, 0.2) is 170 Å². The summed E-state index contributed by atoms with van der Waals surface area (Å²) in [5.41, 5.74) is 19.5. The summed E-state index contributed by atoms with van der Waals surface area (Å²) in [5.74, 6) is 0. The van der Waals surface area contributed by atoms with Crippen molar-refractivity contribution in [1.82, 2.24) is 0 Å². The molecule has 4 aliphatic carbocycles. The molecule has 274 valence electrons. The van der Waals surface area contributed by atoms with Crippen molar-refractivity contribution in [3.05, 3.63) is 192 Å². The Morgan fingerprint density at radius 3 is 0.893 bits per heavy atom. The van der Waals surface area contributed by atoms with E-state index in [2.05, 4.69) is 180 Å². The second-order valence-electron chi connectivity index (χ2n) is 16.7. The monoisotopic (exact) mass is 724 g/mol. The van der Waals surface area contributed by atoms with E-state index in [-0.39, 0.29) is 10.8 Å². The van der Waals surface area contributed by atoms with Gasteiger partial charge in [-0.05, 0) is 155 Å². The summed E-state index contributed by atoms with van der Waals surface area (Å²) in [7, 11) is 0. The molecule has 0 aliphatic heterocycles. The lowest BCUT2D eigenvalue weighted by molar-refractivity contribution is 0.350. The largest absolute Gasteiger partial charge is 0.310 e. The maximum Gasteiger partial charge on any atom is 0.0465 e. The van der Waals surface area contributed by atoms with Crippen LogP contribution in [0, 0.1) is 0 Å². The maximum atomic E-state index is 2.70. The topological polar surface area (TPSA) is 6.48 Å². The van der Waals surface area contributed by atoms with Gasteiger partial charge >= 0.3 is 0 Å². The van der Waals surface area contributed by atoms with E-state index < -0.39 is 0 Å². The van der Waals surface area contributed by atoms with Crippen molar-refractivity contribution >= 4 is 34.1 Å². The second-order valence-corrected chi connectivity index (χ2v) is 16.7. The molecule has 7 aromatic carbocycles. The number of hydrogen-bond donors (Lipinski definition) is 0. The number of benzene rings is 7. The van der Waals surface area contributed by atoms with Gasteiger partial charge < -0.3 is 9.80 Å². The first kappa shape index (κ1) is 33.5. The van der Waals surface area contributed by atoms with Gasteiger partial charge in [0.1, 0.15) is 0 Å². The van der Waals surface area contributed by atoms with E-state index in [1.165, 1.54) is 121 Å². The Morgan fingerprint density at radius 2 is 0.571 bits per heavy atom. The number of rotatable bonds is 6. The molecule has 0 aromatic heterocycles. The SMILES string of the molecule is c1ccc(N(c2ccccc2)c2ccc3c(c2)C2(CCCCC2)c2cc4c(cc2-3)C2(CCCCC2)c2cc(N(c3ccccc3)c3ccccc3)ccc2-4)cc1. The van der Waals surface area contributed by atoms with Gasteiger partial charge in [0.2, 0.25) is 0 Å². The predicted molar refractivity (Wildman–Crippen MR) is 234 cm³/mol. The second kappa shape index (κ2) is 13.4. The predicted octanol–water partition coefficient (Wildman–Crippen LogP) is 15.1. The molecule has 4 aliphatic rings. The summed E-state index contributed by atoms with van der Waals surface area (Å²) >= 11 is 0. The van der Waals surface area contributed by atoms with Crippen LogP contribution < -0.4 is 9.80 Å². The molecule has 0 atom stereocenters. The lowest BCUT2D eigenvalue weighted by Gasteiger charge is -2.38. The van der Waals surface area contributed by atoms with Crippen LogP contribution in [0.4, 0.5) is 34.1 Å². The molecule has 0 saturated heterocycles. The average molecular weight is 725 g/mol. The van der Waals surface area contributed by atoms with Gasteiger partial charge in [0.05, 0.1) is 0 Å². The van der Waals surface area contributed by atoms with E-state index in [4.69, 9.17) is 0 Å². The van der Waals surface area contributed by atoms with Gasteiger partial charge in [0.15, 0.2) is 0 Å². The minimum atomic E-state index is 0.0346. The fourth-order valence-electron chi connectivity index (χ4n) is 11.3. The van der Waals surface area contributed by atoms with Crippen molar-refractivity contribution in [3.8, 4) is 22.3 Å². The highest BCUT2D eigenvalue weighted by Crippen LogP contribution is 2.63. The molecule has 0 heterocycles. The molecule has 0 N–H and O–H groups in total. The molecule has 11 rings (SSSR count). The highest BCUT2D eigenvalue weighted by atomic mass is 15.1. The van der Waals surface area contributed by atoms with Crippen molar-refractivity contribution in [2.45, 2.75) is 75.0 Å². The van der Waals surface area contributed by atoms with Crippen molar-refractivity contribution in [3.63, 3.8) is 0 Å². The molecule has 7 aromatic rings. The van der Waals surface area contributed by atoms with Crippen molar-refractivity contribution in [2.24, 2.45) is 0 Å². The lowest BCUT2D eigenvalue weighted by atomic mass is 9.66. The quantitative estimate of drug-likeness (QED) is 0.168. The van der Waals surface area contributed by atoms with E-state index in [0.717, 1.165) is 0 Å². The van der Waals surface area contributed by atoms with E-state index >= 15 is 0 Å². The van der Waals surface area contributed by atoms with Gasteiger partial charge in [0, 0.05) is 45.0 Å². The van der Waals surface area contributed by atoms with E-state index in [1.807, 2.05) is 0 Å². The third-order valence-corrected chi connectivity index (χ3v) is 13.8. The van der Waals surface area contributed by atoms with Crippen LogP contribution in [0.3, 0.4) is 0 Å². The zero-order chi connectivity index (χ0) is 37.1. The molecule has 2 heteroatoms. The molecule has 2 fully saturated rings. The number of fused-ring (bicyclic) bond motifs is 10.